The van der Waals surface area contributed by atoms with E-state index in [4.69, 9.17) is 25.8 Å². The van der Waals surface area contributed by atoms with Crippen LogP contribution in [-0.2, 0) is 16.9 Å². The van der Waals surface area contributed by atoms with Crippen molar-refractivity contribution in [2.75, 3.05) is 41.4 Å². The number of ether oxygens (including phenoxy) is 3. The molecule has 1 aliphatic rings. The Labute approximate surface area is 229 Å². The molecule has 9 heteroatoms. The largest absolute Gasteiger partial charge is 0.515 e. The molecular weight excluding hydrogens is 506 g/mol. The smallest absolute Gasteiger partial charge is 0.497 e. The lowest BCUT2D eigenvalue weighted by atomic mass is 9.69. The molecule has 1 fully saturated rings. The predicted molar refractivity (Wildman–Crippen MR) is 149 cm³/mol. The van der Waals surface area contributed by atoms with Crippen molar-refractivity contribution in [1.29, 1.82) is 0 Å². The number of aliphatic hydroxyl groups is 1. The number of hydrogen-bond acceptors (Lipinski definition) is 7. The van der Waals surface area contributed by atoms with Crippen LogP contribution in [0.1, 0.15) is 37.3 Å². The van der Waals surface area contributed by atoms with Gasteiger partial charge < -0.3 is 29.2 Å². The Balaban J connectivity index is 1.60. The maximum Gasteiger partial charge on any atom is 0.515 e. The van der Waals surface area contributed by atoms with E-state index in [0.29, 0.717) is 23.9 Å². The van der Waals surface area contributed by atoms with Crippen LogP contribution in [-0.4, -0.2) is 73.5 Å². The summed E-state index contributed by atoms with van der Waals surface area (Å²) in [6.45, 7) is 3.25. The van der Waals surface area contributed by atoms with Crippen molar-refractivity contribution in [2.45, 2.75) is 44.4 Å². The van der Waals surface area contributed by atoms with Gasteiger partial charge in [0.05, 0.1) is 19.3 Å². The summed E-state index contributed by atoms with van der Waals surface area (Å²) in [7, 11) is 7.79. The number of carbonyl (C=O) groups excluding carboxylic acids is 1. The molecular formula is C29H38ClN3O5. The summed E-state index contributed by atoms with van der Waals surface area (Å²) in [5.41, 5.74) is 1.61. The average Bonchev–Trinajstić information content (AvgIpc) is 3.20. The number of H-pyrrole nitrogens is 1. The lowest BCUT2D eigenvalue weighted by Crippen LogP contribution is -2.49. The SMILES string of the molecule is CCOC(=O)Oc1[nH]c2ccc(Cl)cc2c1CN(C)C1CCC(O)(c2cccc(OC)c2)C(CN(C)C)C1. The first-order chi connectivity index (χ1) is 18.1. The van der Waals surface area contributed by atoms with E-state index < -0.39 is 11.8 Å². The Morgan fingerprint density at radius 2 is 2.00 bits per heavy atom. The van der Waals surface area contributed by atoms with E-state index in [9.17, 15) is 9.90 Å². The number of fused-ring (bicyclic) bond motifs is 1. The first-order valence-corrected chi connectivity index (χ1v) is 13.4. The van der Waals surface area contributed by atoms with E-state index in [1.807, 2.05) is 50.5 Å². The van der Waals surface area contributed by atoms with Crippen LogP contribution < -0.4 is 9.47 Å². The van der Waals surface area contributed by atoms with Crippen LogP contribution in [0.15, 0.2) is 42.5 Å². The summed E-state index contributed by atoms with van der Waals surface area (Å²) in [5.74, 6) is 1.12. The van der Waals surface area contributed by atoms with Gasteiger partial charge in [-0.25, -0.2) is 4.79 Å². The molecule has 2 aromatic carbocycles. The van der Waals surface area contributed by atoms with Crippen LogP contribution >= 0.6 is 11.6 Å². The van der Waals surface area contributed by atoms with Crippen molar-refractivity contribution in [2.24, 2.45) is 5.92 Å². The number of methoxy groups -OCH3 is 1. The molecule has 0 radical (unpaired) electrons. The summed E-state index contributed by atoms with van der Waals surface area (Å²) in [6.07, 6.45) is 1.49. The van der Waals surface area contributed by atoms with Crippen LogP contribution in [0.4, 0.5) is 4.79 Å². The Morgan fingerprint density at radius 3 is 2.71 bits per heavy atom. The lowest BCUT2D eigenvalue weighted by molar-refractivity contribution is -0.0811. The van der Waals surface area contributed by atoms with Crippen molar-refractivity contribution >= 4 is 28.7 Å². The van der Waals surface area contributed by atoms with E-state index >= 15 is 0 Å². The molecule has 4 rings (SSSR count). The summed E-state index contributed by atoms with van der Waals surface area (Å²) in [6, 6.07) is 13.5. The molecule has 1 saturated carbocycles. The minimum atomic E-state index is -0.956. The number of carbonyl (C=O) groups is 1. The maximum absolute atomic E-state index is 12.1. The van der Waals surface area contributed by atoms with Crippen LogP contribution in [0.5, 0.6) is 11.6 Å². The molecule has 0 spiro atoms. The van der Waals surface area contributed by atoms with Gasteiger partial charge >= 0.3 is 6.16 Å². The van der Waals surface area contributed by atoms with Crippen molar-refractivity contribution in [1.82, 2.24) is 14.8 Å². The molecule has 0 bridgehead atoms. The molecule has 206 valence electrons. The number of nitrogens with zero attached hydrogens (tertiary/aromatic N) is 2. The third kappa shape index (κ3) is 6.10. The second-order valence-corrected chi connectivity index (χ2v) is 10.8. The van der Waals surface area contributed by atoms with Crippen LogP contribution in [0.25, 0.3) is 10.9 Å². The summed E-state index contributed by atoms with van der Waals surface area (Å²) in [4.78, 5) is 19.8. The van der Waals surface area contributed by atoms with Crippen molar-refractivity contribution in [3.05, 3.63) is 58.6 Å². The molecule has 0 amide bonds. The highest BCUT2D eigenvalue weighted by Crippen LogP contribution is 2.44. The normalized spacial score (nSPS) is 21.7. The van der Waals surface area contributed by atoms with Gasteiger partial charge in [-0.3, -0.25) is 4.90 Å². The fraction of sp³-hybridized carbons (Fsp3) is 0.483. The molecule has 1 heterocycles. The topological polar surface area (TPSA) is 87.3 Å². The van der Waals surface area contributed by atoms with Gasteiger partial charge in [-0.15, -0.1) is 0 Å². The summed E-state index contributed by atoms with van der Waals surface area (Å²) in [5, 5.41) is 13.5. The second-order valence-electron chi connectivity index (χ2n) is 10.4. The van der Waals surface area contributed by atoms with Gasteiger partial charge in [-0.05, 0) is 83.2 Å². The fourth-order valence-electron chi connectivity index (χ4n) is 5.62. The Hall–Kier alpha value is -2.78. The highest BCUT2D eigenvalue weighted by Gasteiger charge is 2.44. The van der Waals surface area contributed by atoms with E-state index in [2.05, 4.69) is 21.8 Å². The number of nitrogens with one attached hydrogen (secondary N) is 1. The first-order valence-electron chi connectivity index (χ1n) is 13.0. The maximum atomic E-state index is 12.1. The molecule has 3 unspecified atom stereocenters. The van der Waals surface area contributed by atoms with Crippen LogP contribution in [0, 0.1) is 5.92 Å². The van der Waals surface area contributed by atoms with Gasteiger partial charge in [-0.2, -0.15) is 0 Å². The molecule has 1 aliphatic carbocycles. The zero-order chi connectivity index (χ0) is 27.4. The van der Waals surface area contributed by atoms with Gasteiger partial charge in [0.25, 0.3) is 0 Å². The zero-order valence-electron chi connectivity index (χ0n) is 22.8. The molecule has 1 aromatic heterocycles. The van der Waals surface area contributed by atoms with Gasteiger partial charge in [-0.1, -0.05) is 23.7 Å². The number of benzene rings is 2. The van der Waals surface area contributed by atoms with Crippen molar-refractivity contribution in [3.8, 4) is 11.6 Å². The molecule has 8 nitrogen and oxygen atoms in total. The minimum absolute atomic E-state index is 0.0125. The molecule has 2 N–H and O–H groups in total. The highest BCUT2D eigenvalue weighted by atomic mass is 35.5. The summed E-state index contributed by atoms with van der Waals surface area (Å²) < 4.78 is 16.0. The monoisotopic (exact) mass is 543 g/mol. The lowest BCUT2D eigenvalue weighted by Gasteiger charge is -2.46. The molecule has 38 heavy (non-hydrogen) atoms. The van der Waals surface area contributed by atoms with Gasteiger partial charge in [0.1, 0.15) is 5.75 Å². The van der Waals surface area contributed by atoms with Gasteiger partial charge in [0.2, 0.25) is 5.88 Å². The highest BCUT2D eigenvalue weighted by molar-refractivity contribution is 6.31. The fourth-order valence-corrected chi connectivity index (χ4v) is 5.79. The van der Waals surface area contributed by atoms with E-state index in [-0.39, 0.29) is 18.6 Å². The van der Waals surface area contributed by atoms with Crippen LogP contribution in [0.2, 0.25) is 5.02 Å². The standard InChI is InChI=1S/C29H38ClN3O5/c1-6-37-28(34)38-27-25(24-16-21(30)10-11-26(24)31-27)18-33(4)22-12-13-29(35,20(14-22)17-32(2)3)19-8-7-9-23(15-19)36-5/h7-11,15-16,20,22,31,35H,6,12-14,17-18H2,1-5H3. The molecule has 3 atom stereocenters. The van der Waals surface area contributed by atoms with E-state index in [1.165, 1.54) is 0 Å². The number of rotatable bonds is 9. The zero-order valence-corrected chi connectivity index (χ0v) is 23.5. The number of halogens is 1. The Morgan fingerprint density at radius 1 is 1.21 bits per heavy atom. The molecule has 0 saturated heterocycles. The van der Waals surface area contributed by atoms with E-state index in [1.54, 1.807) is 20.1 Å². The minimum Gasteiger partial charge on any atom is -0.497 e. The van der Waals surface area contributed by atoms with Gasteiger partial charge in [0.15, 0.2) is 0 Å². The van der Waals surface area contributed by atoms with Crippen molar-refractivity contribution in [3.63, 3.8) is 0 Å². The first kappa shape index (κ1) is 28.2. The molecule has 3 aromatic rings. The quantitative estimate of drug-likeness (QED) is 0.349. The second kappa shape index (κ2) is 11.9. The van der Waals surface area contributed by atoms with Crippen molar-refractivity contribution < 1.29 is 24.1 Å². The predicted octanol–water partition coefficient (Wildman–Crippen LogP) is 5.42. The Kier molecular flexibility index (Phi) is 8.88. The molecule has 0 aliphatic heterocycles. The summed E-state index contributed by atoms with van der Waals surface area (Å²) >= 11 is 6.32. The average molecular weight is 544 g/mol. The third-order valence-electron chi connectivity index (χ3n) is 7.55. The number of aromatic amines is 1. The van der Waals surface area contributed by atoms with E-state index in [0.717, 1.165) is 47.2 Å². The number of hydrogen-bond donors (Lipinski definition) is 2. The Bertz CT molecular complexity index is 1260. The number of aromatic nitrogens is 1. The third-order valence-corrected chi connectivity index (χ3v) is 7.79. The van der Waals surface area contributed by atoms with Crippen LogP contribution in [0.3, 0.4) is 0 Å². The van der Waals surface area contributed by atoms with Gasteiger partial charge in [0, 0.05) is 46.5 Å².